The molecule has 1 aromatic heterocycles. The molecule has 0 aliphatic carbocycles. The number of hydrogen-bond acceptors (Lipinski definition) is 4. The number of aromatic nitrogens is 2. The minimum Gasteiger partial charge on any atom is -0.364 e. The lowest BCUT2D eigenvalue weighted by Crippen LogP contribution is -2.34. The normalized spacial score (nSPS) is 12.9. The van der Waals surface area contributed by atoms with Gasteiger partial charge in [-0.05, 0) is 5.92 Å². The third kappa shape index (κ3) is 2.82. The van der Waals surface area contributed by atoms with Gasteiger partial charge in [0.1, 0.15) is 17.2 Å². The Morgan fingerprint density at radius 1 is 1.57 bits per heavy atom. The number of halogens is 1. The molecule has 0 bridgehead atoms. The molecule has 4 nitrogen and oxygen atoms in total. The Bertz CT molecular complexity index is 290. The van der Waals surface area contributed by atoms with Gasteiger partial charge in [0.15, 0.2) is 0 Å². The second kappa shape index (κ2) is 5.12. The van der Waals surface area contributed by atoms with Crippen LogP contribution in [0.2, 0.25) is 5.02 Å². The molecule has 5 heteroatoms. The van der Waals surface area contributed by atoms with Crippen molar-refractivity contribution in [3.05, 3.63) is 17.5 Å². The third-order valence-corrected chi connectivity index (χ3v) is 2.32. The van der Waals surface area contributed by atoms with E-state index >= 15 is 0 Å². The van der Waals surface area contributed by atoms with Crippen molar-refractivity contribution in [2.45, 2.75) is 19.9 Å². The first-order valence-corrected chi connectivity index (χ1v) is 4.95. The molecule has 1 atom stereocenters. The highest BCUT2D eigenvalue weighted by Crippen LogP contribution is 2.18. The van der Waals surface area contributed by atoms with E-state index in [0.717, 1.165) is 0 Å². The van der Waals surface area contributed by atoms with Crippen LogP contribution in [0.25, 0.3) is 0 Å². The molecular formula is C9H15ClN4. The van der Waals surface area contributed by atoms with Gasteiger partial charge in [-0.15, -0.1) is 0 Å². The number of rotatable bonds is 4. The molecule has 14 heavy (non-hydrogen) atoms. The highest BCUT2D eigenvalue weighted by molar-refractivity contribution is 6.32. The van der Waals surface area contributed by atoms with E-state index in [9.17, 15) is 0 Å². The first kappa shape index (κ1) is 11.2. The Labute approximate surface area is 88.9 Å². The molecule has 0 radical (unpaired) electrons. The van der Waals surface area contributed by atoms with Crippen molar-refractivity contribution in [2.24, 2.45) is 11.7 Å². The standard InChI is InChI=1S/C9H15ClN4/c1-6(2)8(3-11)14-9-7(10)4-12-5-13-9/h4-6,8H,3,11H2,1-2H3,(H,12,13,14). The maximum absolute atomic E-state index is 5.90. The molecule has 0 saturated carbocycles. The zero-order valence-corrected chi connectivity index (χ0v) is 9.12. The topological polar surface area (TPSA) is 63.8 Å². The Hall–Kier alpha value is -0.870. The average Bonchev–Trinajstić information content (AvgIpc) is 2.16. The average molecular weight is 215 g/mol. The van der Waals surface area contributed by atoms with Crippen molar-refractivity contribution in [3.8, 4) is 0 Å². The molecule has 0 aliphatic heterocycles. The predicted molar refractivity (Wildman–Crippen MR) is 58.3 cm³/mol. The van der Waals surface area contributed by atoms with Crippen LogP contribution in [-0.4, -0.2) is 22.6 Å². The summed E-state index contributed by atoms with van der Waals surface area (Å²) >= 11 is 5.90. The fourth-order valence-electron chi connectivity index (χ4n) is 1.09. The Morgan fingerprint density at radius 2 is 2.29 bits per heavy atom. The maximum atomic E-state index is 5.90. The van der Waals surface area contributed by atoms with E-state index in [4.69, 9.17) is 17.3 Å². The Kier molecular flexibility index (Phi) is 4.10. The highest BCUT2D eigenvalue weighted by Gasteiger charge is 2.12. The number of hydrogen-bond donors (Lipinski definition) is 2. The van der Waals surface area contributed by atoms with Gasteiger partial charge in [-0.3, -0.25) is 0 Å². The summed E-state index contributed by atoms with van der Waals surface area (Å²) < 4.78 is 0. The lowest BCUT2D eigenvalue weighted by atomic mass is 10.1. The highest BCUT2D eigenvalue weighted by atomic mass is 35.5. The van der Waals surface area contributed by atoms with Crippen LogP contribution in [0.3, 0.4) is 0 Å². The van der Waals surface area contributed by atoms with Gasteiger partial charge in [-0.1, -0.05) is 25.4 Å². The summed E-state index contributed by atoms with van der Waals surface area (Å²) in [5.41, 5.74) is 5.62. The fourth-order valence-corrected chi connectivity index (χ4v) is 1.25. The van der Waals surface area contributed by atoms with E-state index in [-0.39, 0.29) is 6.04 Å². The Balaban J connectivity index is 2.72. The van der Waals surface area contributed by atoms with Gasteiger partial charge in [-0.2, -0.15) is 0 Å². The summed E-state index contributed by atoms with van der Waals surface area (Å²) in [5.74, 6) is 1.08. The second-order valence-corrected chi connectivity index (χ2v) is 3.86. The van der Waals surface area contributed by atoms with Crippen LogP contribution >= 0.6 is 11.6 Å². The van der Waals surface area contributed by atoms with Gasteiger partial charge in [0.25, 0.3) is 0 Å². The van der Waals surface area contributed by atoms with Crippen molar-refractivity contribution in [1.29, 1.82) is 0 Å². The van der Waals surface area contributed by atoms with Crippen molar-refractivity contribution < 1.29 is 0 Å². The van der Waals surface area contributed by atoms with Crippen molar-refractivity contribution in [3.63, 3.8) is 0 Å². The molecule has 1 aromatic rings. The van der Waals surface area contributed by atoms with Crippen LogP contribution in [0.4, 0.5) is 5.82 Å². The first-order valence-electron chi connectivity index (χ1n) is 4.57. The molecule has 0 aromatic carbocycles. The molecule has 1 rings (SSSR count). The van der Waals surface area contributed by atoms with Crippen LogP contribution in [0.15, 0.2) is 12.5 Å². The van der Waals surface area contributed by atoms with Crippen molar-refractivity contribution >= 4 is 17.4 Å². The predicted octanol–water partition coefficient (Wildman–Crippen LogP) is 1.53. The lowest BCUT2D eigenvalue weighted by Gasteiger charge is -2.21. The van der Waals surface area contributed by atoms with E-state index in [2.05, 4.69) is 29.1 Å². The van der Waals surface area contributed by atoms with Gasteiger partial charge in [0.2, 0.25) is 0 Å². The van der Waals surface area contributed by atoms with Gasteiger partial charge >= 0.3 is 0 Å². The van der Waals surface area contributed by atoms with Crippen LogP contribution in [0.1, 0.15) is 13.8 Å². The molecular weight excluding hydrogens is 200 g/mol. The van der Waals surface area contributed by atoms with E-state index in [0.29, 0.717) is 23.3 Å². The molecule has 1 unspecified atom stereocenters. The molecule has 0 spiro atoms. The van der Waals surface area contributed by atoms with Crippen molar-refractivity contribution in [2.75, 3.05) is 11.9 Å². The molecule has 0 fully saturated rings. The number of nitrogens with zero attached hydrogens (tertiary/aromatic N) is 2. The monoisotopic (exact) mass is 214 g/mol. The number of nitrogens with two attached hydrogens (primary N) is 1. The largest absolute Gasteiger partial charge is 0.364 e. The maximum Gasteiger partial charge on any atom is 0.148 e. The van der Waals surface area contributed by atoms with Crippen LogP contribution in [0, 0.1) is 5.92 Å². The van der Waals surface area contributed by atoms with E-state index < -0.39 is 0 Å². The van der Waals surface area contributed by atoms with Gasteiger partial charge < -0.3 is 11.1 Å². The van der Waals surface area contributed by atoms with Crippen molar-refractivity contribution in [1.82, 2.24) is 9.97 Å². The summed E-state index contributed by atoms with van der Waals surface area (Å²) in [6.45, 7) is 4.75. The fraction of sp³-hybridized carbons (Fsp3) is 0.556. The summed E-state index contributed by atoms with van der Waals surface area (Å²) in [4.78, 5) is 7.85. The van der Waals surface area contributed by atoms with E-state index in [1.165, 1.54) is 6.33 Å². The van der Waals surface area contributed by atoms with Gasteiger partial charge in [0, 0.05) is 12.6 Å². The van der Waals surface area contributed by atoms with Crippen LogP contribution in [-0.2, 0) is 0 Å². The SMILES string of the molecule is CC(C)C(CN)Nc1ncncc1Cl. The quantitative estimate of drug-likeness (QED) is 0.798. The van der Waals surface area contributed by atoms with Crippen LogP contribution < -0.4 is 11.1 Å². The summed E-state index contributed by atoms with van der Waals surface area (Å²) in [6, 6.07) is 0.183. The zero-order chi connectivity index (χ0) is 10.6. The zero-order valence-electron chi connectivity index (χ0n) is 8.37. The number of nitrogens with one attached hydrogen (secondary N) is 1. The second-order valence-electron chi connectivity index (χ2n) is 3.45. The van der Waals surface area contributed by atoms with Gasteiger partial charge in [-0.25, -0.2) is 9.97 Å². The molecule has 0 amide bonds. The smallest absolute Gasteiger partial charge is 0.148 e. The molecule has 3 N–H and O–H groups in total. The minimum absolute atomic E-state index is 0.183. The number of anilines is 1. The van der Waals surface area contributed by atoms with Gasteiger partial charge in [0.05, 0.1) is 6.20 Å². The van der Waals surface area contributed by atoms with Crippen LogP contribution in [0.5, 0.6) is 0 Å². The summed E-state index contributed by atoms with van der Waals surface area (Å²) in [6.07, 6.45) is 3.02. The lowest BCUT2D eigenvalue weighted by molar-refractivity contribution is 0.530. The molecule has 1 heterocycles. The third-order valence-electron chi connectivity index (χ3n) is 2.05. The summed E-state index contributed by atoms with van der Waals surface area (Å²) in [5, 5.41) is 3.71. The van der Waals surface area contributed by atoms with E-state index in [1.807, 2.05) is 0 Å². The first-order chi connectivity index (χ1) is 6.65. The minimum atomic E-state index is 0.183. The molecule has 0 aliphatic rings. The Morgan fingerprint density at radius 3 is 2.79 bits per heavy atom. The van der Waals surface area contributed by atoms with E-state index in [1.54, 1.807) is 6.20 Å². The molecule has 0 saturated heterocycles. The molecule has 78 valence electrons. The summed E-state index contributed by atoms with van der Waals surface area (Å²) in [7, 11) is 0.